The van der Waals surface area contributed by atoms with Crippen molar-refractivity contribution in [2.75, 3.05) is 5.73 Å². The van der Waals surface area contributed by atoms with Crippen LogP contribution in [0.1, 0.15) is 63.8 Å². The number of nitrogen functional groups attached to an aromatic ring is 1. The van der Waals surface area contributed by atoms with Gasteiger partial charge in [-0.3, -0.25) is 0 Å². The highest BCUT2D eigenvalue weighted by atomic mass is 16.3. The van der Waals surface area contributed by atoms with E-state index in [0.717, 1.165) is 22.4 Å². The van der Waals surface area contributed by atoms with Gasteiger partial charge in [0.15, 0.2) is 0 Å². The highest BCUT2D eigenvalue weighted by Gasteiger charge is 2.25. The molecule has 0 aliphatic heterocycles. The lowest BCUT2D eigenvalue weighted by atomic mass is 9.78. The van der Waals surface area contributed by atoms with Crippen LogP contribution >= 0.6 is 0 Å². The predicted molar refractivity (Wildman–Crippen MR) is 99.2 cm³/mol. The first-order valence-corrected chi connectivity index (χ1v) is 8.20. The number of para-hydroxylation sites is 1. The summed E-state index contributed by atoms with van der Waals surface area (Å²) >= 11 is 0. The van der Waals surface area contributed by atoms with Gasteiger partial charge in [-0.15, -0.1) is 0 Å². The van der Waals surface area contributed by atoms with Crippen LogP contribution in [0.25, 0.3) is 0 Å². The van der Waals surface area contributed by atoms with Crippen molar-refractivity contribution in [3.8, 4) is 5.75 Å². The van der Waals surface area contributed by atoms with Gasteiger partial charge in [0.2, 0.25) is 0 Å². The Bertz CT molecular complexity index is 703. The number of benzene rings is 2. The second-order valence-corrected chi connectivity index (χ2v) is 8.41. The van der Waals surface area contributed by atoms with Crippen molar-refractivity contribution >= 4 is 5.69 Å². The zero-order valence-corrected chi connectivity index (χ0v) is 15.2. The minimum absolute atomic E-state index is 0.0324. The van der Waals surface area contributed by atoms with Gasteiger partial charge in [0.1, 0.15) is 5.75 Å². The summed E-state index contributed by atoms with van der Waals surface area (Å²) in [5.41, 5.74) is 11.0. The van der Waals surface area contributed by atoms with Crippen molar-refractivity contribution in [3.63, 3.8) is 0 Å². The number of phenols is 1. The summed E-state index contributed by atoms with van der Waals surface area (Å²) in [6, 6.07) is 12.1. The van der Waals surface area contributed by atoms with Crippen molar-refractivity contribution in [2.24, 2.45) is 0 Å². The van der Waals surface area contributed by atoms with Crippen LogP contribution in [0.4, 0.5) is 5.69 Å². The molecule has 23 heavy (non-hydrogen) atoms. The Kier molecular flexibility index (Phi) is 4.48. The van der Waals surface area contributed by atoms with Gasteiger partial charge < -0.3 is 10.8 Å². The van der Waals surface area contributed by atoms with E-state index in [4.69, 9.17) is 5.73 Å². The molecular weight excluding hydrogens is 282 g/mol. The molecule has 0 heterocycles. The number of nitrogens with two attached hydrogens (primary N) is 1. The average molecular weight is 311 g/mol. The summed E-state index contributed by atoms with van der Waals surface area (Å²) in [6.45, 7) is 13.0. The third-order valence-electron chi connectivity index (χ3n) is 4.30. The smallest absolute Gasteiger partial charge is 0.122 e. The highest BCUT2D eigenvalue weighted by molar-refractivity contribution is 5.54. The van der Waals surface area contributed by atoms with Gasteiger partial charge in [-0.2, -0.15) is 0 Å². The van der Waals surface area contributed by atoms with E-state index in [1.54, 1.807) is 0 Å². The average Bonchev–Trinajstić information content (AvgIpc) is 2.40. The summed E-state index contributed by atoms with van der Waals surface area (Å²) in [4.78, 5) is 0. The van der Waals surface area contributed by atoms with Crippen molar-refractivity contribution in [2.45, 2.75) is 58.8 Å². The molecule has 0 aromatic heterocycles. The molecule has 0 amide bonds. The lowest BCUT2D eigenvalue weighted by Gasteiger charge is -2.27. The van der Waals surface area contributed by atoms with Crippen LogP contribution in [0.15, 0.2) is 36.4 Å². The van der Waals surface area contributed by atoms with Crippen molar-refractivity contribution in [3.05, 3.63) is 58.7 Å². The summed E-state index contributed by atoms with van der Waals surface area (Å²) in [5, 5.41) is 10.8. The topological polar surface area (TPSA) is 46.2 Å². The summed E-state index contributed by atoms with van der Waals surface area (Å²) in [5.74, 6) is 0.397. The molecule has 0 saturated carbocycles. The standard InChI is InChI=1S/C21H29NO/c1-20(2,3)16-12-15(11-14-9-7-8-10-18(14)22)19(23)17(13-16)21(4,5)6/h7-10,12-13,23H,11,22H2,1-6H3. The number of aromatic hydroxyl groups is 1. The van der Waals surface area contributed by atoms with Crippen LogP contribution in [-0.2, 0) is 17.3 Å². The fourth-order valence-corrected chi connectivity index (χ4v) is 2.73. The molecule has 0 fully saturated rings. The normalized spacial score (nSPS) is 12.4. The van der Waals surface area contributed by atoms with Crippen molar-refractivity contribution in [1.82, 2.24) is 0 Å². The van der Waals surface area contributed by atoms with Gasteiger partial charge in [0.05, 0.1) is 0 Å². The first kappa shape index (κ1) is 17.4. The third kappa shape index (κ3) is 3.87. The maximum Gasteiger partial charge on any atom is 0.122 e. The molecule has 124 valence electrons. The van der Waals surface area contributed by atoms with Gasteiger partial charge in [-0.1, -0.05) is 71.9 Å². The summed E-state index contributed by atoms with van der Waals surface area (Å²) in [7, 11) is 0. The first-order valence-electron chi connectivity index (χ1n) is 8.20. The van der Waals surface area contributed by atoms with Gasteiger partial charge >= 0.3 is 0 Å². The van der Waals surface area contributed by atoms with E-state index >= 15 is 0 Å². The van der Waals surface area contributed by atoms with E-state index in [9.17, 15) is 5.11 Å². The van der Waals surface area contributed by atoms with Gasteiger partial charge in [0, 0.05) is 12.1 Å². The maximum absolute atomic E-state index is 10.8. The van der Waals surface area contributed by atoms with Crippen LogP contribution in [0.5, 0.6) is 5.75 Å². The molecule has 2 heteroatoms. The van der Waals surface area contributed by atoms with E-state index in [-0.39, 0.29) is 10.8 Å². The number of anilines is 1. The van der Waals surface area contributed by atoms with E-state index in [1.807, 2.05) is 24.3 Å². The fourth-order valence-electron chi connectivity index (χ4n) is 2.73. The second kappa shape index (κ2) is 5.92. The Morgan fingerprint density at radius 1 is 0.870 bits per heavy atom. The molecule has 0 unspecified atom stereocenters. The van der Waals surface area contributed by atoms with Gasteiger partial charge in [-0.05, 0) is 39.2 Å². The number of rotatable bonds is 2. The molecular formula is C21H29NO. The van der Waals surface area contributed by atoms with E-state index in [0.29, 0.717) is 12.2 Å². The predicted octanol–water partition coefficient (Wildman–Crippen LogP) is 5.16. The van der Waals surface area contributed by atoms with Crippen molar-refractivity contribution < 1.29 is 5.11 Å². The van der Waals surface area contributed by atoms with Crippen LogP contribution in [0.2, 0.25) is 0 Å². The Hall–Kier alpha value is -1.96. The number of phenolic OH excluding ortho intramolecular Hbond substituents is 1. The monoisotopic (exact) mass is 311 g/mol. The molecule has 0 spiro atoms. The minimum Gasteiger partial charge on any atom is -0.507 e. The quantitative estimate of drug-likeness (QED) is 0.752. The Balaban J connectivity index is 2.60. The van der Waals surface area contributed by atoms with Crippen molar-refractivity contribution in [1.29, 1.82) is 0 Å². The highest BCUT2D eigenvalue weighted by Crippen LogP contribution is 2.38. The Morgan fingerprint density at radius 2 is 1.48 bits per heavy atom. The molecule has 2 aromatic rings. The minimum atomic E-state index is -0.109. The molecule has 2 nitrogen and oxygen atoms in total. The van der Waals surface area contributed by atoms with Crippen LogP contribution < -0.4 is 5.73 Å². The largest absolute Gasteiger partial charge is 0.507 e. The maximum atomic E-state index is 10.8. The summed E-state index contributed by atoms with van der Waals surface area (Å²) < 4.78 is 0. The second-order valence-electron chi connectivity index (χ2n) is 8.41. The Labute approximate surface area is 140 Å². The van der Waals surface area contributed by atoms with Crippen LogP contribution in [-0.4, -0.2) is 5.11 Å². The zero-order chi connectivity index (χ0) is 17.4. The van der Waals surface area contributed by atoms with Crippen LogP contribution in [0, 0.1) is 0 Å². The molecule has 0 aliphatic carbocycles. The molecule has 2 aromatic carbocycles. The molecule has 2 rings (SSSR count). The molecule has 0 radical (unpaired) electrons. The Morgan fingerprint density at radius 3 is 2.00 bits per heavy atom. The molecule has 0 bridgehead atoms. The van der Waals surface area contributed by atoms with E-state index < -0.39 is 0 Å². The lowest BCUT2D eigenvalue weighted by molar-refractivity contribution is 0.439. The van der Waals surface area contributed by atoms with Gasteiger partial charge in [-0.25, -0.2) is 0 Å². The van der Waals surface area contributed by atoms with Gasteiger partial charge in [0.25, 0.3) is 0 Å². The van der Waals surface area contributed by atoms with Crippen LogP contribution in [0.3, 0.4) is 0 Å². The summed E-state index contributed by atoms with van der Waals surface area (Å²) in [6.07, 6.45) is 0.644. The third-order valence-corrected chi connectivity index (χ3v) is 4.30. The molecule has 0 saturated heterocycles. The first-order chi connectivity index (χ1) is 10.5. The lowest BCUT2D eigenvalue weighted by Crippen LogP contribution is -2.17. The van der Waals surface area contributed by atoms with E-state index in [1.165, 1.54) is 5.56 Å². The molecule has 0 atom stereocenters. The molecule has 3 N–H and O–H groups in total. The SMILES string of the molecule is CC(C)(C)c1cc(Cc2ccccc2N)c(O)c(C(C)(C)C)c1. The molecule has 0 aliphatic rings. The number of hydrogen-bond donors (Lipinski definition) is 2. The zero-order valence-electron chi connectivity index (χ0n) is 15.2. The van der Waals surface area contributed by atoms with E-state index in [2.05, 4.69) is 53.7 Å². The number of hydrogen-bond acceptors (Lipinski definition) is 2. The fraction of sp³-hybridized carbons (Fsp3) is 0.429.